The molecule has 5 rings (SSSR count). The van der Waals surface area contributed by atoms with E-state index < -0.39 is 5.82 Å². The first kappa shape index (κ1) is 21.8. The van der Waals surface area contributed by atoms with Crippen LogP contribution < -0.4 is 15.4 Å². The number of nitrogens with one attached hydrogen (secondary N) is 2. The van der Waals surface area contributed by atoms with Crippen LogP contribution in [0, 0.1) is 5.82 Å². The standard InChI is InChI=1S/C25H19FN6O3/c26-21-14-27-25(31-24(21)28-17-8-4-10-19(33)12-17)29-18-9-5-11-20(13-18)34-15-22-30-23(32-35-22)16-6-2-1-3-7-16/h1-14,33H,15H2,(H2,27,28,29,31). The number of ether oxygens (including phenoxy) is 1. The lowest BCUT2D eigenvalue weighted by Crippen LogP contribution is -2.03. The van der Waals surface area contributed by atoms with Gasteiger partial charge < -0.3 is 25.0 Å². The molecule has 35 heavy (non-hydrogen) atoms. The molecule has 0 saturated carbocycles. The fourth-order valence-electron chi connectivity index (χ4n) is 3.19. The second-order valence-corrected chi connectivity index (χ2v) is 7.38. The summed E-state index contributed by atoms with van der Waals surface area (Å²) in [7, 11) is 0. The molecule has 2 aromatic heterocycles. The highest BCUT2D eigenvalue weighted by Crippen LogP contribution is 2.25. The van der Waals surface area contributed by atoms with Gasteiger partial charge in [-0.05, 0) is 24.3 Å². The molecular formula is C25H19FN6O3. The van der Waals surface area contributed by atoms with E-state index in [4.69, 9.17) is 9.26 Å². The minimum absolute atomic E-state index is 0.0360. The van der Waals surface area contributed by atoms with Crippen molar-refractivity contribution in [1.82, 2.24) is 20.1 Å². The molecule has 0 atom stereocenters. The highest BCUT2D eigenvalue weighted by Gasteiger charge is 2.11. The van der Waals surface area contributed by atoms with Crippen molar-refractivity contribution < 1.29 is 18.8 Å². The first-order chi connectivity index (χ1) is 17.1. The Morgan fingerprint density at radius 3 is 2.51 bits per heavy atom. The molecule has 9 nitrogen and oxygen atoms in total. The summed E-state index contributed by atoms with van der Waals surface area (Å²) in [6.45, 7) is 0.0916. The quantitative estimate of drug-likeness (QED) is 0.272. The van der Waals surface area contributed by atoms with Crippen LogP contribution in [0.2, 0.25) is 0 Å². The first-order valence-corrected chi connectivity index (χ1v) is 10.6. The lowest BCUT2D eigenvalue weighted by atomic mass is 10.2. The zero-order valence-corrected chi connectivity index (χ0v) is 18.2. The predicted octanol–water partition coefficient (Wildman–Crippen LogP) is 5.44. The van der Waals surface area contributed by atoms with Crippen LogP contribution in [0.5, 0.6) is 11.5 Å². The second kappa shape index (κ2) is 9.87. The van der Waals surface area contributed by atoms with Crippen LogP contribution in [0.3, 0.4) is 0 Å². The molecule has 0 unspecified atom stereocenters. The Kier molecular flexibility index (Phi) is 6.16. The van der Waals surface area contributed by atoms with E-state index in [9.17, 15) is 9.50 Å². The summed E-state index contributed by atoms with van der Waals surface area (Å²) in [4.78, 5) is 12.5. The summed E-state index contributed by atoms with van der Waals surface area (Å²) in [5, 5.41) is 19.4. The molecule has 3 N–H and O–H groups in total. The maximum absolute atomic E-state index is 14.2. The van der Waals surface area contributed by atoms with Crippen LogP contribution in [0.1, 0.15) is 5.89 Å². The van der Waals surface area contributed by atoms with E-state index >= 15 is 0 Å². The lowest BCUT2D eigenvalue weighted by Gasteiger charge is -2.10. The third-order valence-corrected chi connectivity index (χ3v) is 4.81. The summed E-state index contributed by atoms with van der Waals surface area (Å²) in [6.07, 6.45) is 1.06. The molecule has 0 saturated heterocycles. The molecule has 5 aromatic rings. The van der Waals surface area contributed by atoms with Crippen molar-refractivity contribution in [2.75, 3.05) is 10.6 Å². The number of phenolic OH excluding ortho intramolecular Hbond substituents is 1. The zero-order valence-electron chi connectivity index (χ0n) is 18.2. The highest BCUT2D eigenvalue weighted by atomic mass is 19.1. The maximum atomic E-state index is 14.2. The molecule has 0 fully saturated rings. The summed E-state index contributed by atoms with van der Waals surface area (Å²) in [6, 6.07) is 22.9. The van der Waals surface area contributed by atoms with E-state index in [2.05, 4.69) is 30.7 Å². The Morgan fingerprint density at radius 1 is 0.886 bits per heavy atom. The molecule has 174 valence electrons. The average Bonchev–Trinajstić information content (AvgIpc) is 3.35. The number of rotatable bonds is 8. The lowest BCUT2D eigenvalue weighted by molar-refractivity contribution is 0.243. The van der Waals surface area contributed by atoms with Gasteiger partial charge in [-0.2, -0.15) is 9.97 Å². The zero-order chi connectivity index (χ0) is 24.0. The van der Waals surface area contributed by atoms with Crippen LogP contribution in [0.4, 0.5) is 27.5 Å². The van der Waals surface area contributed by atoms with Gasteiger partial charge in [0, 0.05) is 29.1 Å². The largest absolute Gasteiger partial charge is 0.508 e. The van der Waals surface area contributed by atoms with Crippen molar-refractivity contribution in [1.29, 1.82) is 0 Å². The van der Waals surface area contributed by atoms with Crippen molar-refractivity contribution in [3.05, 3.63) is 96.8 Å². The number of phenols is 1. The van der Waals surface area contributed by atoms with E-state index in [0.29, 0.717) is 28.8 Å². The molecule has 10 heteroatoms. The number of aromatic hydroxyl groups is 1. The number of nitrogens with zero attached hydrogens (tertiary/aromatic N) is 4. The molecule has 0 spiro atoms. The van der Waals surface area contributed by atoms with Crippen LogP contribution in [-0.2, 0) is 6.61 Å². The molecule has 0 aliphatic carbocycles. The number of hydrogen-bond acceptors (Lipinski definition) is 9. The molecule has 0 aliphatic heterocycles. The molecule has 0 aliphatic rings. The minimum atomic E-state index is -0.634. The van der Waals surface area contributed by atoms with Gasteiger partial charge in [-0.3, -0.25) is 0 Å². The summed E-state index contributed by atoms with van der Waals surface area (Å²) >= 11 is 0. The van der Waals surface area contributed by atoms with Gasteiger partial charge in [0.2, 0.25) is 11.8 Å². The molecule has 0 bridgehead atoms. The number of anilines is 4. The van der Waals surface area contributed by atoms with Crippen molar-refractivity contribution in [3.63, 3.8) is 0 Å². The van der Waals surface area contributed by atoms with E-state index in [1.807, 2.05) is 30.3 Å². The first-order valence-electron chi connectivity index (χ1n) is 10.6. The van der Waals surface area contributed by atoms with Gasteiger partial charge in [-0.15, -0.1) is 0 Å². The topological polar surface area (TPSA) is 118 Å². The number of aromatic nitrogens is 4. The number of hydrogen-bond donors (Lipinski definition) is 3. The fraction of sp³-hybridized carbons (Fsp3) is 0.0400. The van der Waals surface area contributed by atoms with Gasteiger partial charge in [-0.1, -0.05) is 47.6 Å². The van der Waals surface area contributed by atoms with E-state index in [-0.39, 0.29) is 24.1 Å². The average molecular weight is 470 g/mol. The molecule has 3 aromatic carbocycles. The molecule has 0 radical (unpaired) electrons. The summed E-state index contributed by atoms with van der Waals surface area (Å²) < 4.78 is 25.3. The number of halogens is 1. The Balaban J connectivity index is 1.24. The van der Waals surface area contributed by atoms with Crippen molar-refractivity contribution in [3.8, 4) is 22.9 Å². The van der Waals surface area contributed by atoms with Gasteiger partial charge in [0.15, 0.2) is 18.2 Å². The predicted molar refractivity (Wildman–Crippen MR) is 127 cm³/mol. The van der Waals surface area contributed by atoms with Crippen LogP contribution in [0.15, 0.2) is 89.6 Å². The highest BCUT2D eigenvalue weighted by molar-refractivity contribution is 5.61. The van der Waals surface area contributed by atoms with Crippen LogP contribution in [-0.4, -0.2) is 25.2 Å². The smallest absolute Gasteiger partial charge is 0.264 e. The third-order valence-electron chi connectivity index (χ3n) is 4.81. The number of benzene rings is 3. The van der Waals surface area contributed by atoms with Crippen molar-refractivity contribution in [2.45, 2.75) is 6.61 Å². The van der Waals surface area contributed by atoms with Gasteiger partial charge >= 0.3 is 0 Å². The van der Waals surface area contributed by atoms with Gasteiger partial charge in [-0.25, -0.2) is 9.37 Å². The van der Waals surface area contributed by atoms with Gasteiger partial charge in [0.1, 0.15) is 11.5 Å². The van der Waals surface area contributed by atoms with Gasteiger partial charge in [0.05, 0.1) is 6.20 Å². The van der Waals surface area contributed by atoms with Crippen molar-refractivity contribution in [2.24, 2.45) is 0 Å². The summed E-state index contributed by atoms with van der Waals surface area (Å²) in [5.41, 5.74) is 1.97. The SMILES string of the molecule is Oc1cccc(Nc2nc(Nc3cccc(OCc4nc(-c5ccccc5)no4)c3)ncc2F)c1. The second-order valence-electron chi connectivity index (χ2n) is 7.38. The Bertz CT molecular complexity index is 1440. The maximum Gasteiger partial charge on any atom is 0.264 e. The Hall–Kier alpha value is -4.99. The van der Waals surface area contributed by atoms with E-state index in [0.717, 1.165) is 11.8 Å². The van der Waals surface area contributed by atoms with Crippen LogP contribution in [0.25, 0.3) is 11.4 Å². The Labute approximate surface area is 199 Å². The molecule has 2 heterocycles. The normalized spacial score (nSPS) is 10.7. The van der Waals surface area contributed by atoms with Gasteiger partial charge in [0.25, 0.3) is 5.89 Å². The third kappa shape index (κ3) is 5.50. The molecule has 0 amide bonds. The monoisotopic (exact) mass is 470 g/mol. The van der Waals surface area contributed by atoms with E-state index in [1.54, 1.807) is 36.4 Å². The van der Waals surface area contributed by atoms with Crippen molar-refractivity contribution >= 4 is 23.1 Å². The van der Waals surface area contributed by atoms with E-state index in [1.165, 1.54) is 12.1 Å². The fourth-order valence-corrected chi connectivity index (χ4v) is 3.19. The molecular weight excluding hydrogens is 451 g/mol. The summed E-state index contributed by atoms with van der Waals surface area (Å²) in [5.74, 6) is 0.938. The minimum Gasteiger partial charge on any atom is -0.508 e. The Morgan fingerprint density at radius 2 is 1.69 bits per heavy atom. The van der Waals surface area contributed by atoms with Crippen LogP contribution >= 0.6 is 0 Å².